The van der Waals surface area contributed by atoms with E-state index in [2.05, 4.69) is 4.72 Å². The molecule has 2 N–H and O–H groups in total. The van der Waals surface area contributed by atoms with Crippen LogP contribution in [0.15, 0.2) is 12.1 Å². The highest BCUT2D eigenvalue weighted by Crippen LogP contribution is 2.36. The molecule has 0 aliphatic heterocycles. The van der Waals surface area contributed by atoms with Gasteiger partial charge in [0.25, 0.3) is 0 Å². The molecule has 8 heteroatoms. The van der Waals surface area contributed by atoms with Crippen molar-refractivity contribution in [1.82, 2.24) is 0 Å². The highest BCUT2D eigenvalue weighted by molar-refractivity contribution is 7.93. The number of carboxylic acid groups (broad SMARTS) is 1. The van der Waals surface area contributed by atoms with Crippen LogP contribution in [0.3, 0.4) is 0 Å². The Bertz CT molecular complexity index is 587. The first-order valence-electron chi connectivity index (χ1n) is 5.05. The van der Waals surface area contributed by atoms with E-state index in [9.17, 15) is 13.2 Å². The number of aromatic carboxylic acids is 1. The van der Waals surface area contributed by atoms with Crippen LogP contribution >= 0.6 is 23.2 Å². The molecule has 0 radical (unpaired) electrons. The third kappa shape index (κ3) is 2.71. The average molecular weight is 310 g/mol. The molecule has 1 aliphatic carbocycles. The van der Waals surface area contributed by atoms with E-state index < -0.39 is 21.2 Å². The van der Waals surface area contributed by atoms with E-state index >= 15 is 0 Å². The summed E-state index contributed by atoms with van der Waals surface area (Å²) in [6.07, 6.45) is 1.22. The minimum atomic E-state index is -3.48. The van der Waals surface area contributed by atoms with E-state index in [4.69, 9.17) is 28.3 Å². The molecular weight excluding hydrogens is 301 g/mol. The van der Waals surface area contributed by atoms with Gasteiger partial charge in [-0.2, -0.15) is 0 Å². The smallest absolute Gasteiger partial charge is 0.335 e. The molecule has 2 rings (SSSR count). The van der Waals surface area contributed by atoms with Crippen molar-refractivity contribution in [3.8, 4) is 0 Å². The number of benzene rings is 1. The Hall–Kier alpha value is -0.980. The molecule has 1 aromatic carbocycles. The molecule has 18 heavy (non-hydrogen) atoms. The van der Waals surface area contributed by atoms with Crippen LogP contribution in [0, 0.1) is 0 Å². The molecule has 0 bridgehead atoms. The van der Waals surface area contributed by atoms with Gasteiger partial charge in [-0.25, -0.2) is 13.2 Å². The Kier molecular flexibility index (Phi) is 3.44. The summed E-state index contributed by atoms with van der Waals surface area (Å²) in [6, 6.07) is 2.31. The highest BCUT2D eigenvalue weighted by Gasteiger charge is 2.36. The van der Waals surface area contributed by atoms with Gasteiger partial charge in [0.1, 0.15) is 0 Å². The van der Waals surface area contributed by atoms with Crippen LogP contribution in [0.4, 0.5) is 5.69 Å². The minimum Gasteiger partial charge on any atom is -0.478 e. The van der Waals surface area contributed by atoms with E-state index in [0.717, 1.165) is 12.1 Å². The zero-order chi connectivity index (χ0) is 13.5. The van der Waals surface area contributed by atoms with Crippen LogP contribution in [0.2, 0.25) is 10.0 Å². The first-order valence-corrected chi connectivity index (χ1v) is 7.35. The molecule has 5 nitrogen and oxygen atoms in total. The molecule has 98 valence electrons. The highest BCUT2D eigenvalue weighted by atomic mass is 35.5. The number of sulfonamides is 1. The number of hydrogen-bond acceptors (Lipinski definition) is 3. The summed E-state index contributed by atoms with van der Waals surface area (Å²) < 4.78 is 25.8. The number of carboxylic acids is 1. The molecule has 0 amide bonds. The largest absolute Gasteiger partial charge is 0.478 e. The molecule has 0 spiro atoms. The maximum absolute atomic E-state index is 11.7. The quantitative estimate of drug-likeness (QED) is 0.895. The number of rotatable bonds is 4. The van der Waals surface area contributed by atoms with E-state index in [1.54, 1.807) is 0 Å². The number of halogens is 2. The van der Waals surface area contributed by atoms with Crippen molar-refractivity contribution in [2.75, 3.05) is 4.72 Å². The van der Waals surface area contributed by atoms with Gasteiger partial charge in [0.15, 0.2) is 0 Å². The lowest BCUT2D eigenvalue weighted by Gasteiger charge is -2.11. The molecule has 0 unspecified atom stereocenters. The van der Waals surface area contributed by atoms with Gasteiger partial charge in [-0.1, -0.05) is 23.2 Å². The van der Waals surface area contributed by atoms with Gasteiger partial charge in [0.2, 0.25) is 10.0 Å². The Morgan fingerprint density at radius 3 is 2.17 bits per heavy atom. The van der Waals surface area contributed by atoms with Gasteiger partial charge in [0, 0.05) is 0 Å². The third-order valence-electron chi connectivity index (χ3n) is 2.50. The van der Waals surface area contributed by atoms with Crippen LogP contribution in [0.1, 0.15) is 23.2 Å². The predicted octanol–water partition coefficient (Wildman–Crippen LogP) is 2.60. The van der Waals surface area contributed by atoms with Crippen molar-refractivity contribution < 1.29 is 18.3 Å². The molecular formula is C10H9Cl2NO4S. The lowest BCUT2D eigenvalue weighted by Crippen LogP contribution is -2.18. The first-order chi connectivity index (χ1) is 8.31. The van der Waals surface area contributed by atoms with Gasteiger partial charge >= 0.3 is 5.97 Å². The lowest BCUT2D eigenvalue weighted by molar-refractivity contribution is 0.0697. The summed E-state index contributed by atoms with van der Waals surface area (Å²) in [7, 11) is -3.48. The van der Waals surface area contributed by atoms with Crippen LogP contribution in [-0.2, 0) is 10.0 Å². The van der Waals surface area contributed by atoms with Gasteiger partial charge in [0.05, 0.1) is 26.5 Å². The Labute approximate surface area is 114 Å². The van der Waals surface area contributed by atoms with Crippen LogP contribution in [0.5, 0.6) is 0 Å². The second-order valence-corrected chi connectivity index (χ2v) is 6.74. The molecule has 0 heterocycles. The molecule has 1 aliphatic rings. The SMILES string of the molecule is O=C(O)c1cc(Cl)c(NS(=O)(=O)C2CC2)c(Cl)c1. The second-order valence-electron chi connectivity index (χ2n) is 3.97. The molecule has 1 fully saturated rings. The average Bonchev–Trinajstić information content (AvgIpc) is 3.06. The Morgan fingerprint density at radius 1 is 1.28 bits per heavy atom. The fourth-order valence-corrected chi connectivity index (χ4v) is 3.52. The summed E-state index contributed by atoms with van der Waals surface area (Å²) in [5, 5.41) is 8.31. The Balaban J connectivity index is 2.37. The van der Waals surface area contributed by atoms with Crippen molar-refractivity contribution >= 4 is 44.9 Å². The van der Waals surface area contributed by atoms with Gasteiger partial charge in [-0.3, -0.25) is 4.72 Å². The number of carbonyl (C=O) groups is 1. The first kappa shape index (κ1) is 13.5. The van der Waals surface area contributed by atoms with E-state index in [-0.39, 0.29) is 21.3 Å². The summed E-state index contributed by atoms with van der Waals surface area (Å²) in [5.41, 5.74) is -0.0744. The monoisotopic (exact) mass is 309 g/mol. The van der Waals surface area contributed by atoms with Crippen LogP contribution < -0.4 is 4.72 Å². The molecule has 0 atom stereocenters. The van der Waals surface area contributed by atoms with E-state index in [1.807, 2.05) is 0 Å². The topological polar surface area (TPSA) is 83.5 Å². The second kappa shape index (κ2) is 4.60. The summed E-state index contributed by atoms with van der Waals surface area (Å²) in [6.45, 7) is 0. The number of hydrogen-bond donors (Lipinski definition) is 2. The van der Waals surface area contributed by atoms with Crippen molar-refractivity contribution in [2.45, 2.75) is 18.1 Å². The van der Waals surface area contributed by atoms with Gasteiger partial charge in [-0.15, -0.1) is 0 Å². The molecule has 1 saturated carbocycles. The van der Waals surface area contributed by atoms with E-state index in [1.165, 1.54) is 0 Å². The fraction of sp³-hybridized carbons (Fsp3) is 0.300. The zero-order valence-corrected chi connectivity index (χ0v) is 11.3. The Morgan fingerprint density at radius 2 is 1.78 bits per heavy atom. The standard InChI is InChI=1S/C10H9Cl2NO4S/c11-7-3-5(10(14)15)4-8(12)9(7)13-18(16,17)6-1-2-6/h3-4,6,13H,1-2H2,(H,14,15). The van der Waals surface area contributed by atoms with Crippen LogP contribution in [-0.4, -0.2) is 24.7 Å². The van der Waals surface area contributed by atoms with Crippen molar-refractivity contribution in [3.05, 3.63) is 27.7 Å². The van der Waals surface area contributed by atoms with Crippen LogP contribution in [0.25, 0.3) is 0 Å². The lowest BCUT2D eigenvalue weighted by atomic mass is 10.2. The van der Waals surface area contributed by atoms with Crippen molar-refractivity contribution in [1.29, 1.82) is 0 Å². The minimum absolute atomic E-state index is 0.0234. The normalized spacial score (nSPS) is 15.4. The van der Waals surface area contributed by atoms with Gasteiger partial charge in [-0.05, 0) is 25.0 Å². The molecule has 0 aromatic heterocycles. The van der Waals surface area contributed by atoms with E-state index in [0.29, 0.717) is 12.8 Å². The predicted molar refractivity (Wildman–Crippen MR) is 69.0 cm³/mol. The summed E-state index contributed by atoms with van der Waals surface area (Å²) in [4.78, 5) is 10.8. The summed E-state index contributed by atoms with van der Waals surface area (Å²) in [5.74, 6) is -1.18. The number of anilines is 1. The maximum atomic E-state index is 11.7. The van der Waals surface area contributed by atoms with Crippen molar-refractivity contribution in [3.63, 3.8) is 0 Å². The van der Waals surface area contributed by atoms with Crippen molar-refractivity contribution in [2.24, 2.45) is 0 Å². The van der Waals surface area contributed by atoms with Gasteiger partial charge < -0.3 is 5.11 Å². The number of nitrogens with one attached hydrogen (secondary N) is 1. The molecule has 0 saturated heterocycles. The fourth-order valence-electron chi connectivity index (χ4n) is 1.40. The summed E-state index contributed by atoms with van der Waals surface area (Å²) >= 11 is 11.7. The molecule has 1 aromatic rings. The maximum Gasteiger partial charge on any atom is 0.335 e. The third-order valence-corrected chi connectivity index (χ3v) is 4.93. The zero-order valence-electron chi connectivity index (χ0n) is 8.98.